The SMILES string of the molecule is Cc1ccc(N)cc1C(=O)NCc1ccccc1CS(=O)(=O)NC(C)C.Cl. The van der Waals surface area contributed by atoms with Crippen molar-refractivity contribution in [2.75, 3.05) is 5.73 Å². The Labute approximate surface area is 167 Å². The van der Waals surface area contributed by atoms with Crippen molar-refractivity contribution in [1.82, 2.24) is 10.0 Å². The molecule has 0 spiro atoms. The fraction of sp³-hybridized carbons (Fsp3) is 0.316. The highest BCUT2D eigenvalue weighted by Gasteiger charge is 2.16. The number of hydrogen-bond acceptors (Lipinski definition) is 4. The largest absolute Gasteiger partial charge is 0.399 e. The average molecular weight is 412 g/mol. The average Bonchev–Trinajstić information content (AvgIpc) is 2.54. The van der Waals surface area contributed by atoms with Gasteiger partial charge in [-0.3, -0.25) is 4.79 Å². The van der Waals surface area contributed by atoms with Crippen LogP contribution < -0.4 is 15.8 Å². The van der Waals surface area contributed by atoms with Crippen LogP contribution in [-0.4, -0.2) is 20.4 Å². The van der Waals surface area contributed by atoms with Crippen LogP contribution in [0, 0.1) is 6.92 Å². The van der Waals surface area contributed by atoms with Gasteiger partial charge in [-0.2, -0.15) is 0 Å². The van der Waals surface area contributed by atoms with Gasteiger partial charge in [-0.25, -0.2) is 13.1 Å². The van der Waals surface area contributed by atoms with Gasteiger partial charge in [-0.15, -0.1) is 12.4 Å². The van der Waals surface area contributed by atoms with Crippen LogP contribution in [-0.2, 0) is 22.3 Å². The first-order valence-corrected chi connectivity index (χ1v) is 10.0. The molecule has 27 heavy (non-hydrogen) atoms. The van der Waals surface area contributed by atoms with Crippen molar-refractivity contribution >= 4 is 34.0 Å². The van der Waals surface area contributed by atoms with Gasteiger partial charge in [-0.1, -0.05) is 30.3 Å². The first-order chi connectivity index (χ1) is 12.2. The van der Waals surface area contributed by atoms with Crippen molar-refractivity contribution in [2.45, 2.75) is 39.1 Å². The minimum absolute atomic E-state index is 0. The Hall–Kier alpha value is -2.09. The highest BCUT2D eigenvalue weighted by molar-refractivity contribution is 7.88. The van der Waals surface area contributed by atoms with Crippen LogP contribution in [0.15, 0.2) is 42.5 Å². The number of nitrogens with two attached hydrogens (primary N) is 1. The summed E-state index contributed by atoms with van der Waals surface area (Å²) in [5.74, 6) is -0.373. The Balaban J connectivity index is 0.00000364. The number of aryl methyl sites for hydroxylation is 1. The number of sulfonamides is 1. The van der Waals surface area contributed by atoms with E-state index in [0.29, 0.717) is 16.8 Å². The van der Waals surface area contributed by atoms with Gasteiger partial charge in [0.15, 0.2) is 0 Å². The summed E-state index contributed by atoms with van der Waals surface area (Å²) >= 11 is 0. The zero-order valence-corrected chi connectivity index (χ0v) is 17.3. The van der Waals surface area contributed by atoms with Gasteiger partial charge in [-0.05, 0) is 49.6 Å². The maximum atomic E-state index is 12.4. The molecule has 0 saturated heterocycles. The summed E-state index contributed by atoms with van der Waals surface area (Å²) < 4.78 is 27.0. The molecule has 0 aliphatic heterocycles. The third-order valence-corrected chi connectivity index (χ3v) is 5.35. The predicted molar refractivity (Wildman–Crippen MR) is 111 cm³/mol. The molecule has 6 nitrogen and oxygen atoms in total. The Morgan fingerprint density at radius 3 is 2.37 bits per heavy atom. The molecular weight excluding hydrogens is 386 g/mol. The first kappa shape index (κ1) is 23.0. The fourth-order valence-corrected chi connectivity index (χ4v) is 4.12. The predicted octanol–water partition coefficient (Wildman–Crippen LogP) is 2.76. The number of anilines is 1. The number of amides is 1. The Kier molecular flexibility index (Phi) is 8.27. The highest BCUT2D eigenvalue weighted by atomic mass is 35.5. The minimum atomic E-state index is -3.44. The molecule has 2 aromatic carbocycles. The highest BCUT2D eigenvalue weighted by Crippen LogP contribution is 2.15. The second-order valence-corrected chi connectivity index (χ2v) is 8.31. The molecule has 0 bridgehead atoms. The van der Waals surface area contributed by atoms with E-state index in [0.717, 1.165) is 11.1 Å². The van der Waals surface area contributed by atoms with Gasteiger partial charge in [0.1, 0.15) is 0 Å². The van der Waals surface area contributed by atoms with Crippen LogP contribution in [0.4, 0.5) is 5.69 Å². The van der Waals surface area contributed by atoms with E-state index in [-0.39, 0.29) is 36.7 Å². The molecule has 0 unspecified atom stereocenters. The van der Waals surface area contributed by atoms with E-state index in [4.69, 9.17) is 5.73 Å². The van der Waals surface area contributed by atoms with Gasteiger partial charge in [0.2, 0.25) is 10.0 Å². The topological polar surface area (TPSA) is 101 Å². The van der Waals surface area contributed by atoms with E-state index >= 15 is 0 Å². The van der Waals surface area contributed by atoms with Crippen LogP contribution in [0.25, 0.3) is 0 Å². The summed E-state index contributed by atoms with van der Waals surface area (Å²) in [6, 6.07) is 12.2. The van der Waals surface area contributed by atoms with Gasteiger partial charge in [0.05, 0.1) is 5.75 Å². The van der Waals surface area contributed by atoms with Crippen molar-refractivity contribution < 1.29 is 13.2 Å². The maximum Gasteiger partial charge on any atom is 0.251 e. The van der Waals surface area contributed by atoms with Crippen LogP contribution >= 0.6 is 12.4 Å². The van der Waals surface area contributed by atoms with Gasteiger partial charge in [0, 0.05) is 23.8 Å². The summed E-state index contributed by atoms with van der Waals surface area (Å²) in [5, 5.41) is 2.84. The van der Waals surface area contributed by atoms with Crippen molar-refractivity contribution in [3.8, 4) is 0 Å². The first-order valence-electron chi connectivity index (χ1n) is 8.39. The van der Waals surface area contributed by atoms with E-state index in [1.54, 1.807) is 44.2 Å². The number of benzene rings is 2. The number of rotatable bonds is 7. The second-order valence-electron chi connectivity index (χ2n) is 6.56. The summed E-state index contributed by atoms with van der Waals surface area (Å²) in [6.07, 6.45) is 0. The van der Waals surface area contributed by atoms with E-state index in [1.165, 1.54) is 0 Å². The number of nitrogen functional groups attached to an aromatic ring is 1. The molecule has 0 fully saturated rings. The van der Waals surface area contributed by atoms with Gasteiger partial charge in [0.25, 0.3) is 5.91 Å². The molecule has 2 aromatic rings. The van der Waals surface area contributed by atoms with Crippen molar-refractivity contribution in [3.63, 3.8) is 0 Å². The summed E-state index contributed by atoms with van der Waals surface area (Å²) in [6.45, 7) is 5.63. The molecule has 4 N–H and O–H groups in total. The Morgan fingerprint density at radius 1 is 1.11 bits per heavy atom. The van der Waals surface area contributed by atoms with Crippen molar-refractivity contribution in [1.29, 1.82) is 0 Å². The smallest absolute Gasteiger partial charge is 0.251 e. The van der Waals surface area contributed by atoms with Gasteiger partial charge >= 0.3 is 0 Å². The summed E-state index contributed by atoms with van der Waals surface area (Å²) in [4.78, 5) is 12.4. The maximum absolute atomic E-state index is 12.4. The Bertz CT molecular complexity index is 899. The molecule has 0 atom stereocenters. The molecule has 0 saturated carbocycles. The molecule has 0 radical (unpaired) electrons. The lowest BCUT2D eigenvalue weighted by atomic mass is 10.1. The number of carbonyl (C=O) groups is 1. The normalized spacial score (nSPS) is 11.1. The molecule has 8 heteroatoms. The van der Waals surface area contributed by atoms with Crippen LogP contribution in [0.2, 0.25) is 0 Å². The van der Waals surface area contributed by atoms with Crippen molar-refractivity contribution in [3.05, 3.63) is 64.7 Å². The lowest BCUT2D eigenvalue weighted by molar-refractivity contribution is 0.0950. The zero-order chi connectivity index (χ0) is 19.3. The van der Waals surface area contributed by atoms with E-state index in [2.05, 4.69) is 10.0 Å². The van der Waals surface area contributed by atoms with Crippen molar-refractivity contribution in [2.24, 2.45) is 0 Å². The van der Waals surface area contributed by atoms with E-state index < -0.39 is 10.0 Å². The number of carbonyl (C=O) groups excluding carboxylic acids is 1. The summed E-state index contributed by atoms with van der Waals surface area (Å²) in [5.41, 5.74) is 9.03. The quantitative estimate of drug-likeness (QED) is 0.609. The molecule has 2 rings (SSSR count). The molecule has 0 heterocycles. The fourth-order valence-electron chi connectivity index (χ4n) is 2.63. The molecule has 1 amide bonds. The number of hydrogen-bond donors (Lipinski definition) is 3. The zero-order valence-electron chi connectivity index (χ0n) is 15.7. The summed E-state index contributed by atoms with van der Waals surface area (Å²) in [7, 11) is -3.44. The molecule has 0 aromatic heterocycles. The third-order valence-electron chi connectivity index (χ3n) is 3.82. The Morgan fingerprint density at radius 2 is 1.74 bits per heavy atom. The van der Waals surface area contributed by atoms with Gasteiger partial charge < -0.3 is 11.1 Å². The van der Waals surface area contributed by atoms with E-state index in [1.807, 2.05) is 19.1 Å². The molecule has 148 valence electrons. The monoisotopic (exact) mass is 411 g/mol. The lowest BCUT2D eigenvalue weighted by Gasteiger charge is -2.14. The second kappa shape index (κ2) is 9.73. The van der Waals surface area contributed by atoms with Crippen LogP contribution in [0.3, 0.4) is 0 Å². The van der Waals surface area contributed by atoms with Crippen LogP contribution in [0.5, 0.6) is 0 Å². The number of halogens is 1. The lowest BCUT2D eigenvalue weighted by Crippen LogP contribution is -2.32. The minimum Gasteiger partial charge on any atom is -0.399 e. The number of nitrogens with one attached hydrogen (secondary N) is 2. The standard InChI is InChI=1S/C19H25N3O3S.ClH/c1-13(2)22-26(24,25)12-16-7-5-4-6-15(16)11-21-19(23)18-10-17(20)9-8-14(18)3;/h4-10,13,22H,11-12,20H2,1-3H3,(H,21,23);1H. The van der Waals surface area contributed by atoms with Crippen LogP contribution in [0.1, 0.15) is 40.9 Å². The molecule has 0 aliphatic rings. The third kappa shape index (κ3) is 6.86. The molecule has 0 aliphatic carbocycles. The van der Waals surface area contributed by atoms with E-state index in [9.17, 15) is 13.2 Å². The molecular formula is C19H26ClN3O3S.